The minimum absolute atomic E-state index is 0.226. The number of halogens is 1. The van der Waals surface area contributed by atoms with Crippen LogP contribution in [0.15, 0.2) is 73.1 Å². The van der Waals surface area contributed by atoms with Crippen molar-refractivity contribution >= 4 is 28.4 Å². The Morgan fingerprint density at radius 2 is 1.75 bits per heavy atom. The lowest BCUT2D eigenvalue weighted by molar-refractivity contribution is 0.102. The van der Waals surface area contributed by atoms with Crippen LogP contribution in [-0.4, -0.2) is 20.9 Å². The number of fused-ring (bicyclic) bond motifs is 1. The van der Waals surface area contributed by atoms with E-state index in [0.717, 1.165) is 10.9 Å². The van der Waals surface area contributed by atoms with E-state index in [1.165, 1.54) is 24.4 Å². The Bertz CT molecular complexity index is 1130. The third-order valence-electron chi connectivity index (χ3n) is 4.13. The predicted octanol–water partition coefficient (Wildman–Crippen LogP) is 4.03. The second-order valence-corrected chi connectivity index (χ2v) is 6.08. The van der Waals surface area contributed by atoms with Crippen molar-refractivity contribution in [3.63, 3.8) is 0 Å². The quantitative estimate of drug-likeness (QED) is 0.552. The summed E-state index contributed by atoms with van der Waals surface area (Å²) < 4.78 is 13.0. The minimum Gasteiger partial charge on any atom is -0.350 e. The Kier molecular flexibility index (Phi) is 4.88. The molecule has 0 saturated heterocycles. The molecule has 0 unspecified atom stereocenters. The van der Waals surface area contributed by atoms with Crippen LogP contribution in [0, 0.1) is 5.82 Å². The molecule has 0 atom stereocenters. The number of rotatable bonds is 5. The van der Waals surface area contributed by atoms with Gasteiger partial charge in [-0.2, -0.15) is 0 Å². The zero-order valence-electron chi connectivity index (χ0n) is 14.8. The summed E-state index contributed by atoms with van der Waals surface area (Å²) in [5.74, 6) is -0.333. The van der Waals surface area contributed by atoms with Crippen molar-refractivity contribution in [3.05, 3.63) is 90.1 Å². The van der Waals surface area contributed by atoms with Crippen LogP contribution in [0.3, 0.4) is 0 Å². The van der Waals surface area contributed by atoms with Crippen molar-refractivity contribution in [2.75, 3.05) is 10.6 Å². The van der Waals surface area contributed by atoms with Gasteiger partial charge < -0.3 is 10.6 Å². The molecule has 28 heavy (non-hydrogen) atoms. The first-order valence-corrected chi connectivity index (χ1v) is 8.65. The fourth-order valence-corrected chi connectivity index (χ4v) is 2.75. The maximum Gasteiger partial charge on any atom is 0.274 e. The Labute approximate surface area is 160 Å². The van der Waals surface area contributed by atoms with Crippen molar-refractivity contribution < 1.29 is 9.18 Å². The number of anilines is 2. The fraction of sp³-hybridized carbons (Fsp3) is 0.0476. The standard InChI is InChI=1S/C21H16FN5O/c22-16-8-6-14(7-9-16)13-25-21-24-12-10-18(27-21)20(28)26-17-5-1-3-15-4-2-11-23-19(15)17/h1-12H,13H2,(H,26,28)(H,24,25,27). The first-order valence-electron chi connectivity index (χ1n) is 8.65. The summed E-state index contributed by atoms with van der Waals surface area (Å²) in [4.78, 5) is 25.3. The third-order valence-corrected chi connectivity index (χ3v) is 4.13. The van der Waals surface area contributed by atoms with Gasteiger partial charge in [-0.3, -0.25) is 9.78 Å². The molecular weight excluding hydrogens is 357 g/mol. The second-order valence-electron chi connectivity index (χ2n) is 6.08. The highest BCUT2D eigenvalue weighted by Gasteiger charge is 2.11. The van der Waals surface area contributed by atoms with Crippen molar-refractivity contribution in [2.24, 2.45) is 0 Å². The monoisotopic (exact) mass is 373 g/mol. The molecule has 0 fully saturated rings. The van der Waals surface area contributed by atoms with Crippen LogP contribution in [0.5, 0.6) is 0 Å². The van der Waals surface area contributed by atoms with Crippen molar-refractivity contribution in [3.8, 4) is 0 Å². The van der Waals surface area contributed by atoms with E-state index in [0.29, 0.717) is 23.7 Å². The number of pyridine rings is 1. The molecule has 0 radical (unpaired) electrons. The highest BCUT2D eigenvalue weighted by Crippen LogP contribution is 2.21. The molecule has 6 nitrogen and oxygen atoms in total. The normalized spacial score (nSPS) is 10.6. The number of nitrogens with one attached hydrogen (secondary N) is 2. The summed E-state index contributed by atoms with van der Waals surface area (Å²) in [7, 11) is 0. The lowest BCUT2D eigenvalue weighted by atomic mass is 10.2. The SMILES string of the molecule is O=C(Nc1cccc2cccnc12)c1ccnc(NCc2ccc(F)cc2)n1. The van der Waals surface area contributed by atoms with Crippen molar-refractivity contribution in [2.45, 2.75) is 6.54 Å². The van der Waals surface area contributed by atoms with Gasteiger partial charge in [0, 0.05) is 24.3 Å². The van der Waals surface area contributed by atoms with Gasteiger partial charge in [0.1, 0.15) is 11.5 Å². The van der Waals surface area contributed by atoms with E-state index in [1.54, 1.807) is 24.4 Å². The second kappa shape index (κ2) is 7.79. The molecule has 138 valence electrons. The molecule has 0 aliphatic rings. The van der Waals surface area contributed by atoms with E-state index in [9.17, 15) is 9.18 Å². The average molecular weight is 373 g/mol. The Morgan fingerprint density at radius 3 is 2.61 bits per heavy atom. The van der Waals surface area contributed by atoms with Gasteiger partial charge in [-0.1, -0.05) is 30.3 Å². The smallest absolute Gasteiger partial charge is 0.274 e. The molecule has 0 aliphatic carbocycles. The van der Waals surface area contributed by atoms with Crippen LogP contribution in [0.4, 0.5) is 16.0 Å². The maximum absolute atomic E-state index is 13.0. The molecule has 2 N–H and O–H groups in total. The summed E-state index contributed by atoms with van der Waals surface area (Å²) in [6.07, 6.45) is 3.19. The summed E-state index contributed by atoms with van der Waals surface area (Å²) in [5.41, 5.74) is 2.43. The Balaban J connectivity index is 1.48. The molecule has 7 heteroatoms. The lowest BCUT2D eigenvalue weighted by Crippen LogP contribution is -2.15. The maximum atomic E-state index is 13.0. The number of amides is 1. The van der Waals surface area contributed by atoms with E-state index in [-0.39, 0.29) is 17.4 Å². The van der Waals surface area contributed by atoms with E-state index in [2.05, 4.69) is 25.6 Å². The molecule has 4 rings (SSSR count). The van der Waals surface area contributed by atoms with Gasteiger partial charge in [-0.15, -0.1) is 0 Å². The summed E-state index contributed by atoms with van der Waals surface area (Å²) in [6.45, 7) is 0.415. The zero-order chi connectivity index (χ0) is 19.3. The molecule has 0 spiro atoms. The average Bonchev–Trinajstić information content (AvgIpc) is 2.74. The molecule has 2 aromatic carbocycles. The van der Waals surface area contributed by atoms with Gasteiger partial charge in [-0.25, -0.2) is 14.4 Å². The van der Waals surface area contributed by atoms with E-state index in [4.69, 9.17) is 0 Å². The third kappa shape index (κ3) is 3.93. The summed E-state index contributed by atoms with van der Waals surface area (Å²) in [6, 6.07) is 17.0. The first-order chi connectivity index (χ1) is 13.7. The summed E-state index contributed by atoms with van der Waals surface area (Å²) in [5, 5.41) is 6.81. The van der Waals surface area contributed by atoms with Crippen molar-refractivity contribution in [1.29, 1.82) is 0 Å². The van der Waals surface area contributed by atoms with Gasteiger partial charge in [0.05, 0.1) is 11.2 Å². The van der Waals surface area contributed by atoms with Crippen LogP contribution in [0.2, 0.25) is 0 Å². The van der Waals surface area contributed by atoms with Crippen molar-refractivity contribution in [1.82, 2.24) is 15.0 Å². The number of hydrogen-bond acceptors (Lipinski definition) is 5. The number of carbonyl (C=O) groups excluding carboxylic acids is 1. The molecule has 2 aromatic heterocycles. The Morgan fingerprint density at radius 1 is 0.929 bits per heavy atom. The minimum atomic E-state index is -0.356. The first kappa shape index (κ1) is 17.5. The van der Waals surface area contributed by atoms with Gasteiger partial charge in [0.2, 0.25) is 5.95 Å². The predicted molar refractivity (Wildman–Crippen MR) is 105 cm³/mol. The highest BCUT2D eigenvalue weighted by molar-refractivity contribution is 6.07. The molecule has 2 heterocycles. The Hall–Kier alpha value is -3.87. The molecule has 0 aliphatic heterocycles. The van der Waals surface area contributed by atoms with E-state index in [1.807, 2.05) is 24.3 Å². The zero-order valence-corrected chi connectivity index (χ0v) is 14.8. The van der Waals surface area contributed by atoms with Crippen LogP contribution in [-0.2, 0) is 6.54 Å². The van der Waals surface area contributed by atoms with Crippen LogP contribution < -0.4 is 10.6 Å². The number of benzene rings is 2. The topological polar surface area (TPSA) is 79.8 Å². The number of aromatic nitrogens is 3. The number of nitrogens with zero attached hydrogens (tertiary/aromatic N) is 3. The molecular formula is C21H16FN5O. The largest absolute Gasteiger partial charge is 0.350 e. The fourth-order valence-electron chi connectivity index (χ4n) is 2.75. The summed E-state index contributed by atoms with van der Waals surface area (Å²) >= 11 is 0. The van der Waals surface area contributed by atoms with Gasteiger partial charge in [-0.05, 0) is 35.9 Å². The molecule has 4 aromatic rings. The van der Waals surface area contributed by atoms with Gasteiger partial charge >= 0.3 is 0 Å². The highest BCUT2D eigenvalue weighted by atomic mass is 19.1. The molecule has 0 saturated carbocycles. The van der Waals surface area contributed by atoms with E-state index >= 15 is 0 Å². The number of carbonyl (C=O) groups is 1. The van der Waals surface area contributed by atoms with Crippen LogP contribution in [0.1, 0.15) is 16.1 Å². The van der Waals surface area contributed by atoms with Crippen LogP contribution in [0.25, 0.3) is 10.9 Å². The van der Waals surface area contributed by atoms with Gasteiger partial charge in [0.25, 0.3) is 5.91 Å². The number of para-hydroxylation sites is 1. The molecule has 0 bridgehead atoms. The molecule has 1 amide bonds. The number of hydrogen-bond donors (Lipinski definition) is 2. The van der Waals surface area contributed by atoms with Gasteiger partial charge in [0.15, 0.2) is 0 Å². The van der Waals surface area contributed by atoms with Crippen LogP contribution >= 0.6 is 0 Å². The van der Waals surface area contributed by atoms with E-state index < -0.39 is 0 Å². The lowest BCUT2D eigenvalue weighted by Gasteiger charge is -2.09.